The zero-order chi connectivity index (χ0) is 13.7. The van der Waals surface area contributed by atoms with Gasteiger partial charge in [-0.2, -0.15) is 5.10 Å². The highest BCUT2D eigenvalue weighted by Crippen LogP contribution is 2.13. The molecule has 5 nitrogen and oxygen atoms in total. The second-order valence-electron chi connectivity index (χ2n) is 4.77. The molecule has 18 heavy (non-hydrogen) atoms. The fraction of sp³-hybridized carbons (Fsp3) is 0.692. The number of aliphatic hydroxyl groups is 1. The van der Waals surface area contributed by atoms with Gasteiger partial charge < -0.3 is 10.4 Å². The molecule has 0 aliphatic carbocycles. The molecule has 0 spiro atoms. The van der Waals surface area contributed by atoms with Crippen molar-refractivity contribution in [1.29, 1.82) is 0 Å². The standard InChI is InChI=1S/C13H23N3O2/c1-5-6-16-11(4)12(10(3)15-16)13(18)14-7-9(2)8-17/h9,17H,5-8H2,1-4H3,(H,14,18). The molecular formula is C13H23N3O2. The Balaban J connectivity index is 2.79. The van der Waals surface area contributed by atoms with Crippen LogP contribution in [-0.4, -0.2) is 33.9 Å². The fourth-order valence-electron chi connectivity index (χ4n) is 1.87. The summed E-state index contributed by atoms with van der Waals surface area (Å²) >= 11 is 0. The van der Waals surface area contributed by atoms with E-state index in [1.807, 2.05) is 25.5 Å². The van der Waals surface area contributed by atoms with Gasteiger partial charge in [-0.3, -0.25) is 9.48 Å². The van der Waals surface area contributed by atoms with Crippen molar-refractivity contribution in [2.45, 2.75) is 40.7 Å². The van der Waals surface area contributed by atoms with Crippen LogP contribution in [0.4, 0.5) is 0 Å². The largest absolute Gasteiger partial charge is 0.396 e. The molecule has 1 rings (SSSR count). The van der Waals surface area contributed by atoms with Crippen LogP contribution in [0.15, 0.2) is 0 Å². The number of rotatable bonds is 6. The van der Waals surface area contributed by atoms with E-state index in [0.717, 1.165) is 24.4 Å². The summed E-state index contributed by atoms with van der Waals surface area (Å²) in [6, 6.07) is 0. The number of hydrogen-bond acceptors (Lipinski definition) is 3. The first-order valence-corrected chi connectivity index (χ1v) is 6.44. The van der Waals surface area contributed by atoms with Crippen LogP contribution >= 0.6 is 0 Å². The van der Waals surface area contributed by atoms with Crippen molar-refractivity contribution < 1.29 is 9.90 Å². The summed E-state index contributed by atoms with van der Waals surface area (Å²) in [6.45, 7) is 9.12. The third-order valence-electron chi connectivity index (χ3n) is 2.97. The first-order valence-electron chi connectivity index (χ1n) is 6.44. The Kier molecular flexibility index (Phi) is 5.34. The van der Waals surface area contributed by atoms with Crippen LogP contribution < -0.4 is 5.32 Å². The Morgan fingerprint density at radius 2 is 2.17 bits per heavy atom. The molecule has 1 amide bonds. The molecule has 1 unspecified atom stereocenters. The highest BCUT2D eigenvalue weighted by Gasteiger charge is 2.18. The predicted octanol–water partition coefficient (Wildman–Crippen LogP) is 1.27. The minimum atomic E-state index is -0.104. The number of carbonyl (C=O) groups excluding carboxylic acids is 1. The van der Waals surface area contributed by atoms with E-state index in [1.54, 1.807) is 0 Å². The second kappa shape index (κ2) is 6.54. The molecule has 0 fully saturated rings. The van der Waals surface area contributed by atoms with Gasteiger partial charge in [0.25, 0.3) is 5.91 Å². The molecule has 0 saturated heterocycles. The smallest absolute Gasteiger partial charge is 0.255 e. The molecule has 102 valence electrons. The Morgan fingerprint density at radius 1 is 1.50 bits per heavy atom. The molecule has 0 aliphatic rings. The van der Waals surface area contributed by atoms with E-state index in [-0.39, 0.29) is 18.4 Å². The number of carbonyl (C=O) groups is 1. The molecule has 1 aromatic heterocycles. The number of amides is 1. The van der Waals surface area contributed by atoms with E-state index in [2.05, 4.69) is 17.3 Å². The van der Waals surface area contributed by atoms with E-state index in [9.17, 15) is 4.79 Å². The van der Waals surface area contributed by atoms with Gasteiger partial charge in [0.05, 0.1) is 11.3 Å². The van der Waals surface area contributed by atoms with Crippen molar-refractivity contribution in [3.63, 3.8) is 0 Å². The molecule has 1 aromatic rings. The molecular weight excluding hydrogens is 230 g/mol. The lowest BCUT2D eigenvalue weighted by Crippen LogP contribution is -2.30. The number of aromatic nitrogens is 2. The van der Waals surface area contributed by atoms with Crippen LogP contribution in [0, 0.1) is 19.8 Å². The van der Waals surface area contributed by atoms with Gasteiger partial charge in [0.15, 0.2) is 0 Å². The summed E-state index contributed by atoms with van der Waals surface area (Å²) in [4.78, 5) is 12.1. The molecule has 1 atom stereocenters. The summed E-state index contributed by atoms with van der Waals surface area (Å²) in [5.74, 6) is -0.0343. The lowest BCUT2D eigenvalue weighted by molar-refractivity contribution is 0.0941. The van der Waals surface area contributed by atoms with Gasteiger partial charge in [0.2, 0.25) is 0 Å². The van der Waals surface area contributed by atoms with Crippen molar-refractivity contribution in [3.05, 3.63) is 17.0 Å². The van der Waals surface area contributed by atoms with Crippen LogP contribution in [0.3, 0.4) is 0 Å². The Labute approximate surface area is 108 Å². The zero-order valence-electron chi connectivity index (χ0n) is 11.7. The van der Waals surface area contributed by atoms with Gasteiger partial charge in [0, 0.05) is 25.4 Å². The van der Waals surface area contributed by atoms with Gasteiger partial charge in [-0.1, -0.05) is 13.8 Å². The fourth-order valence-corrected chi connectivity index (χ4v) is 1.87. The normalized spacial score (nSPS) is 12.5. The topological polar surface area (TPSA) is 67.2 Å². The van der Waals surface area contributed by atoms with Crippen LogP contribution in [0.2, 0.25) is 0 Å². The number of hydrogen-bond donors (Lipinski definition) is 2. The number of aryl methyl sites for hydroxylation is 2. The predicted molar refractivity (Wildman–Crippen MR) is 70.6 cm³/mol. The molecule has 0 bridgehead atoms. The maximum Gasteiger partial charge on any atom is 0.255 e. The lowest BCUT2D eigenvalue weighted by atomic mass is 10.1. The van der Waals surface area contributed by atoms with Crippen LogP contribution in [0.1, 0.15) is 42.0 Å². The molecule has 0 radical (unpaired) electrons. The van der Waals surface area contributed by atoms with Crippen molar-refractivity contribution in [2.75, 3.05) is 13.2 Å². The van der Waals surface area contributed by atoms with Crippen LogP contribution in [0.5, 0.6) is 0 Å². The average Bonchev–Trinajstić information content (AvgIpc) is 2.62. The maximum absolute atomic E-state index is 12.1. The van der Waals surface area contributed by atoms with Crippen LogP contribution in [-0.2, 0) is 6.54 Å². The summed E-state index contributed by atoms with van der Waals surface area (Å²) < 4.78 is 1.87. The van der Waals surface area contributed by atoms with Gasteiger partial charge in [-0.05, 0) is 26.2 Å². The quantitative estimate of drug-likeness (QED) is 0.802. The molecule has 0 aliphatic heterocycles. The van der Waals surface area contributed by atoms with E-state index >= 15 is 0 Å². The first-order chi connectivity index (χ1) is 8.51. The van der Waals surface area contributed by atoms with Gasteiger partial charge in [0.1, 0.15) is 0 Å². The van der Waals surface area contributed by atoms with Crippen LogP contribution in [0.25, 0.3) is 0 Å². The maximum atomic E-state index is 12.1. The van der Waals surface area contributed by atoms with Gasteiger partial charge in [-0.25, -0.2) is 0 Å². The Hall–Kier alpha value is -1.36. The summed E-state index contributed by atoms with van der Waals surface area (Å²) in [6.07, 6.45) is 0.991. The molecule has 1 heterocycles. The van der Waals surface area contributed by atoms with Crippen molar-refractivity contribution in [1.82, 2.24) is 15.1 Å². The third kappa shape index (κ3) is 3.32. The summed E-state index contributed by atoms with van der Waals surface area (Å²) in [5.41, 5.74) is 2.33. The monoisotopic (exact) mass is 253 g/mol. The van der Waals surface area contributed by atoms with Gasteiger partial charge in [-0.15, -0.1) is 0 Å². The summed E-state index contributed by atoms with van der Waals surface area (Å²) in [5, 5.41) is 16.1. The highest BCUT2D eigenvalue weighted by atomic mass is 16.3. The average molecular weight is 253 g/mol. The molecule has 2 N–H and O–H groups in total. The van der Waals surface area contributed by atoms with E-state index in [1.165, 1.54) is 0 Å². The Bertz CT molecular complexity index is 413. The number of nitrogens with zero attached hydrogens (tertiary/aromatic N) is 2. The highest BCUT2D eigenvalue weighted by molar-refractivity contribution is 5.96. The summed E-state index contributed by atoms with van der Waals surface area (Å²) in [7, 11) is 0. The van der Waals surface area contributed by atoms with Crippen molar-refractivity contribution >= 4 is 5.91 Å². The number of nitrogens with one attached hydrogen (secondary N) is 1. The molecule has 0 aromatic carbocycles. The van der Waals surface area contributed by atoms with Crippen molar-refractivity contribution in [3.8, 4) is 0 Å². The lowest BCUT2D eigenvalue weighted by Gasteiger charge is -2.10. The first kappa shape index (κ1) is 14.7. The Morgan fingerprint density at radius 3 is 2.72 bits per heavy atom. The third-order valence-corrected chi connectivity index (χ3v) is 2.97. The number of aliphatic hydroxyl groups excluding tert-OH is 1. The minimum absolute atomic E-state index is 0.0697. The van der Waals surface area contributed by atoms with Crippen molar-refractivity contribution in [2.24, 2.45) is 5.92 Å². The van der Waals surface area contributed by atoms with E-state index in [0.29, 0.717) is 12.1 Å². The second-order valence-corrected chi connectivity index (χ2v) is 4.77. The molecule has 5 heteroatoms. The van der Waals surface area contributed by atoms with E-state index < -0.39 is 0 Å². The zero-order valence-corrected chi connectivity index (χ0v) is 11.7. The van der Waals surface area contributed by atoms with Gasteiger partial charge >= 0.3 is 0 Å². The minimum Gasteiger partial charge on any atom is -0.396 e. The van der Waals surface area contributed by atoms with E-state index in [4.69, 9.17) is 5.11 Å². The molecule has 0 saturated carbocycles. The SMILES string of the molecule is CCCn1nc(C)c(C(=O)NCC(C)CO)c1C.